The maximum atomic E-state index is 12.3. The Bertz CT molecular complexity index is 602. The number of halogens is 1. The van der Waals surface area contributed by atoms with Crippen LogP contribution >= 0.6 is 12.4 Å². The van der Waals surface area contributed by atoms with Crippen LogP contribution in [0.5, 0.6) is 5.75 Å². The van der Waals surface area contributed by atoms with E-state index in [-0.39, 0.29) is 24.4 Å². The second-order valence-corrected chi connectivity index (χ2v) is 5.32. The molecule has 1 amide bonds. The van der Waals surface area contributed by atoms with Gasteiger partial charge in [-0.1, -0.05) is 42.5 Å². The van der Waals surface area contributed by atoms with Gasteiger partial charge in [-0.3, -0.25) is 4.79 Å². The molecule has 0 radical (unpaired) electrons. The molecule has 0 aliphatic rings. The fraction of sp³-hybridized carbons (Fsp3) is 0.278. The third kappa shape index (κ3) is 5.58. The van der Waals surface area contributed by atoms with E-state index in [0.717, 1.165) is 16.9 Å². The molecule has 0 spiro atoms. The van der Waals surface area contributed by atoms with Crippen LogP contribution in [0.4, 0.5) is 0 Å². The lowest BCUT2D eigenvalue weighted by Crippen LogP contribution is -2.29. The summed E-state index contributed by atoms with van der Waals surface area (Å²) in [4.78, 5) is 14.0. The average molecular weight is 335 g/mol. The number of hydrogen-bond donors (Lipinski definition) is 1. The molecule has 0 heterocycles. The number of methoxy groups -OCH3 is 1. The van der Waals surface area contributed by atoms with Crippen LogP contribution < -0.4 is 10.5 Å². The Morgan fingerprint density at radius 1 is 1.13 bits per heavy atom. The van der Waals surface area contributed by atoms with E-state index in [1.165, 1.54) is 0 Å². The van der Waals surface area contributed by atoms with E-state index in [9.17, 15) is 4.79 Å². The summed E-state index contributed by atoms with van der Waals surface area (Å²) in [5.74, 6) is 0.844. The number of benzene rings is 2. The summed E-state index contributed by atoms with van der Waals surface area (Å²) in [6.07, 6.45) is 0.302. The first-order valence-corrected chi connectivity index (χ1v) is 7.27. The fourth-order valence-corrected chi connectivity index (χ4v) is 2.26. The molecule has 0 bridgehead atoms. The van der Waals surface area contributed by atoms with Gasteiger partial charge in [-0.05, 0) is 23.3 Å². The molecule has 0 aromatic heterocycles. The summed E-state index contributed by atoms with van der Waals surface area (Å²) in [5.41, 5.74) is 8.14. The Balaban J connectivity index is 0.00000264. The van der Waals surface area contributed by atoms with Gasteiger partial charge in [0, 0.05) is 26.1 Å². The van der Waals surface area contributed by atoms with Crippen molar-refractivity contribution in [1.29, 1.82) is 0 Å². The molecule has 2 aromatic carbocycles. The molecule has 23 heavy (non-hydrogen) atoms. The van der Waals surface area contributed by atoms with E-state index < -0.39 is 0 Å². The van der Waals surface area contributed by atoms with Crippen LogP contribution in [0.2, 0.25) is 0 Å². The minimum absolute atomic E-state index is 0. The van der Waals surface area contributed by atoms with Crippen LogP contribution in [-0.4, -0.2) is 25.0 Å². The highest BCUT2D eigenvalue weighted by Gasteiger charge is 2.15. The molecule has 0 aliphatic carbocycles. The molecular formula is C18H23ClN2O2. The normalized spacial score (nSPS) is 11.3. The summed E-state index contributed by atoms with van der Waals surface area (Å²) in [6, 6.07) is 17.1. The number of amides is 1. The summed E-state index contributed by atoms with van der Waals surface area (Å²) in [6.45, 7) is 0.560. The topological polar surface area (TPSA) is 55.6 Å². The molecule has 5 heteroatoms. The number of carbonyl (C=O) groups excluding carboxylic acids is 1. The molecule has 2 N–H and O–H groups in total. The van der Waals surface area contributed by atoms with Crippen molar-refractivity contribution < 1.29 is 9.53 Å². The van der Waals surface area contributed by atoms with Crippen molar-refractivity contribution in [2.75, 3.05) is 14.2 Å². The van der Waals surface area contributed by atoms with E-state index >= 15 is 0 Å². The van der Waals surface area contributed by atoms with Crippen LogP contribution in [0.25, 0.3) is 0 Å². The lowest BCUT2D eigenvalue weighted by molar-refractivity contribution is -0.130. The van der Waals surface area contributed by atoms with Crippen molar-refractivity contribution in [3.05, 3.63) is 65.7 Å². The third-order valence-electron chi connectivity index (χ3n) is 3.63. The second-order valence-electron chi connectivity index (χ2n) is 5.32. The standard InChI is InChI=1S/C18H22N2O2.ClH/c1-20(13-14-8-10-16(22-2)11-9-14)18(21)12-17(19)15-6-4-3-5-7-15;/h3-11,17H,12-13,19H2,1-2H3;1H. The van der Waals surface area contributed by atoms with Gasteiger partial charge in [0.05, 0.1) is 7.11 Å². The number of carbonyl (C=O) groups is 1. The van der Waals surface area contributed by atoms with Crippen molar-refractivity contribution in [3.63, 3.8) is 0 Å². The molecule has 0 fully saturated rings. The highest BCUT2D eigenvalue weighted by atomic mass is 35.5. The quantitative estimate of drug-likeness (QED) is 0.882. The summed E-state index contributed by atoms with van der Waals surface area (Å²) in [5, 5.41) is 0. The minimum Gasteiger partial charge on any atom is -0.497 e. The smallest absolute Gasteiger partial charge is 0.224 e. The zero-order valence-electron chi connectivity index (χ0n) is 13.4. The monoisotopic (exact) mass is 334 g/mol. The zero-order chi connectivity index (χ0) is 15.9. The summed E-state index contributed by atoms with van der Waals surface area (Å²) < 4.78 is 5.13. The maximum absolute atomic E-state index is 12.3. The van der Waals surface area contributed by atoms with Crippen molar-refractivity contribution in [2.24, 2.45) is 5.73 Å². The Morgan fingerprint density at radius 3 is 2.30 bits per heavy atom. The van der Waals surface area contributed by atoms with Crippen molar-refractivity contribution in [2.45, 2.75) is 19.0 Å². The van der Waals surface area contributed by atoms with Gasteiger partial charge in [0.25, 0.3) is 0 Å². The minimum atomic E-state index is -0.271. The van der Waals surface area contributed by atoms with Crippen LogP contribution in [0.15, 0.2) is 54.6 Å². The molecule has 0 aliphatic heterocycles. The number of nitrogens with zero attached hydrogens (tertiary/aromatic N) is 1. The summed E-state index contributed by atoms with van der Waals surface area (Å²) >= 11 is 0. The molecule has 0 saturated carbocycles. The fourth-order valence-electron chi connectivity index (χ4n) is 2.26. The lowest BCUT2D eigenvalue weighted by Gasteiger charge is -2.20. The van der Waals surface area contributed by atoms with Crippen molar-refractivity contribution in [1.82, 2.24) is 4.90 Å². The predicted molar refractivity (Wildman–Crippen MR) is 94.7 cm³/mol. The lowest BCUT2D eigenvalue weighted by atomic mass is 10.0. The van der Waals surface area contributed by atoms with Crippen molar-refractivity contribution in [3.8, 4) is 5.75 Å². The number of hydrogen-bond acceptors (Lipinski definition) is 3. The van der Waals surface area contributed by atoms with Gasteiger partial charge in [-0.15, -0.1) is 12.4 Å². The van der Waals surface area contributed by atoms with E-state index in [4.69, 9.17) is 10.5 Å². The van der Waals surface area contributed by atoms with Crippen molar-refractivity contribution >= 4 is 18.3 Å². The Labute approximate surface area is 143 Å². The van der Waals surface area contributed by atoms with Crippen LogP contribution in [0, 0.1) is 0 Å². The molecular weight excluding hydrogens is 312 g/mol. The predicted octanol–water partition coefficient (Wildman–Crippen LogP) is 3.17. The highest BCUT2D eigenvalue weighted by molar-refractivity contribution is 5.85. The highest BCUT2D eigenvalue weighted by Crippen LogP contribution is 2.16. The second kappa shape index (κ2) is 9.18. The number of nitrogens with two attached hydrogens (primary N) is 1. The van der Waals surface area contributed by atoms with Gasteiger partial charge in [0.15, 0.2) is 0 Å². The van der Waals surface area contributed by atoms with Crippen LogP contribution in [0.1, 0.15) is 23.6 Å². The van der Waals surface area contributed by atoms with Gasteiger partial charge in [0.1, 0.15) is 5.75 Å². The first kappa shape index (κ1) is 19.0. The van der Waals surface area contributed by atoms with E-state index in [1.54, 1.807) is 19.1 Å². The maximum Gasteiger partial charge on any atom is 0.224 e. The molecule has 4 nitrogen and oxygen atoms in total. The Kier molecular flexibility index (Phi) is 7.59. The van der Waals surface area contributed by atoms with Gasteiger partial charge in [0.2, 0.25) is 5.91 Å². The zero-order valence-corrected chi connectivity index (χ0v) is 14.3. The number of rotatable bonds is 6. The molecule has 2 aromatic rings. The van der Waals surface area contributed by atoms with Gasteiger partial charge >= 0.3 is 0 Å². The molecule has 124 valence electrons. The first-order chi connectivity index (χ1) is 10.6. The van der Waals surface area contributed by atoms with Gasteiger partial charge in [-0.2, -0.15) is 0 Å². The molecule has 2 rings (SSSR count). The van der Waals surface area contributed by atoms with Gasteiger partial charge in [-0.25, -0.2) is 0 Å². The van der Waals surface area contributed by atoms with Crippen LogP contribution in [0.3, 0.4) is 0 Å². The Hall–Kier alpha value is -2.04. The van der Waals surface area contributed by atoms with E-state index in [1.807, 2.05) is 54.6 Å². The largest absolute Gasteiger partial charge is 0.497 e. The summed E-state index contributed by atoms with van der Waals surface area (Å²) in [7, 11) is 3.43. The molecule has 0 saturated heterocycles. The van der Waals surface area contributed by atoms with Crippen LogP contribution in [-0.2, 0) is 11.3 Å². The third-order valence-corrected chi connectivity index (χ3v) is 3.63. The Morgan fingerprint density at radius 2 is 1.74 bits per heavy atom. The molecule has 1 atom stereocenters. The first-order valence-electron chi connectivity index (χ1n) is 7.27. The SMILES string of the molecule is COc1ccc(CN(C)C(=O)CC(N)c2ccccc2)cc1.Cl. The molecule has 1 unspecified atom stereocenters. The van der Waals surface area contributed by atoms with E-state index in [0.29, 0.717) is 13.0 Å². The van der Waals surface area contributed by atoms with Gasteiger partial charge < -0.3 is 15.4 Å². The average Bonchev–Trinajstić information content (AvgIpc) is 2.56. The number of ether oxygens (including phenoxy) is 1. The van der Waals surface area contributed by atoms with E-state index in [2.05, 4.69) is 0 Å².